The first-order valence-corrected chi connectivity index (χ1v) is 11.2. The molecule has 0 amide bonds. The van der Waals surface area contributed by atoms with Gasteiger partial charge in [-0.15, -0.1) is 0 Å². The number of hydrogen-bond donors (Lipinski definition) is 0. The highest BCUT2D eigenvalue weighted by Gasteiger charge is 2.19. The first-order chi connectivity index (χ1) is 5.60. The number of carbonyl (C=O) groups excluding carboxylic acids is 1. The molecule has 3 nitrogen and oxygen atoms in total. The average Bonchev–Trinajstić information content (AvgIpc) is 1.78. The fourth-order valence-corrected chi connectivity index (χ4v) is 1.72. The van der Waals surface area contributed by atoms with Crippen LogP contribution in [0, 0.1) is 0 Å². The van der Waals surface area contributed by atoms with Gasteiger partial charge >= 0.3 is 5.97 Å². The van der Waals surface area contributed by atoms with E-state index in [1.165, 1.54) is 6.21 Å². The van der Waals surface area contributed by atoms with Crippen molar-refractivity contribution in [1.29, 1.82) is 0 Å². The molecule has 0 atom stereocenters. The molecule has 0 radical (unpaired) electrons. The van der Waals surface area contributed by atoms with Crippen LogP contribution in [-0.2, 0) is 9.22 Å². The summed E-state index contributed by atoms with van der Waals surface area (Å²) in [5, 5.41) is 0. The highest BCUT2D eigenvalue weighted by atomic mass is 28.4. The van der Waals surface area contributed by atoms with E-state index >= 15 is 0 Å². The first-order valence-electron chi connectivity index (χ1n) is 4.38. The highest BCUT2D eigenvalue weighted by molar-refractivity contribution is 6.76. The maximum absolute atomic E-state index is 11.2. The fourth-order valence-electron chi connectivity index (χ4n) is 0.574. The summed E-state index contributed by atoms with van der Waals surface area (Å²) < 4.78 is 9.41. The van der Waals surface area contributed by atoms with E-state index in [0.717, 1.165) is 0 Å². The van der Waals surface area contributed by atoms with Gasteiger partial charge in [-0.2, -0.15) is 0 Å². The quantitative estimate of drug-likeness (QED) is 0.537. The van der Waals surface area contributed by atoms with Gasteiger partial charge in [0, 0.05) is 0 Å². The standard InChI is InChI=1S/C8H19NO2Si2/c1-12(2,3)9-7-8(10)11-13(4,5)6/h7H,1-6H3. The lowest BCUT2D eigenvalue weighted by atomic mass is 10.8. The Labute approximate surface area is 82.4 Å². The maximum atomic E-state index is 11.2. The second-order valence-corrected chi connectivity index (χ2v) is 14.0. The van der Waals surface area contributed by atoms with Crippen LogP contribution in [0.3, 0.4) is 0 Å². The predicted octanol–water partition coefficient (Wildman–Crippen LogP) is 2.27. The van der Waals surface area contributed by atoms with E-state index in [0.29, 0.717) is 0 Å². The third-order valence-corrected chi connectivity index (χ3v) is 2.68. The predicted molar refractivity (Wildman–Crippen MR) is 61.3 cm³/mol. The largest absolute Gasteiger partial charge is 0.516 e. The van der Waals surface area contributed by atoms with Crippen LogP contribution in [0.25, 0.3) is 0 Å². The molecule has 0 aliphatic heterocycles. The molecule has 13 heavy (non-hydrogen) atoms. The first kappa shape index (κ1) is 12.6. The van der Waals surface area contributed by atoms with Gasteiger partial charge in [-0.05, 0) is 39.3 Å². The zero-order chi connectivity index (χ0) is 10.7. The smallest absolute Gasteiger partial charge is 0.334 e. The normalized spacial score (nSPS) is 13.4. The van der Waals surface area contributed by atoms with Gasteiger partial charge in [-0.25, -0.2) is 4.79 Å². The zero-order valence-corrected chi connectivity index (χ0v) is 11.3. The van der Waals surface area contributed by atoms with Gasteiger partial charge in [0.1, 0.15) is 0 Å². The van der Waals surface area contributed by atoms with Crippen molar-refractivity contribution in [3.8, 4) is 0 Å². The molecule has 0 unspecified atom stereocenters. The Balaban J connectivity index is 4.11. The van der Waals surface area contributed by atoms with Crippen molar-refractivity contribution in [1.82, 2.24) is 0 Å². The zero-order valence-electron chi connectivity index (χ0n) is 9.34. The van der Waals surface area contributed by atoms with E-state index in [4.69, 9.17) is 4.43 Å². The highest BCUT2D eigenvalue weighted by Crippen LogP contribution is 2.03. The topological polar surface area (TPSA) is 38.7 Å². The molecule has 0 bridgehead atoms. The molecule has 0 aromatic heterocycles. The molecule has 76 valence electrons. The number of rotatable bonds is 3. The minimum Gasteiger partial charge on any atom is -0.516 e. The average molecular weight is 217 g/mol. The molecule has 0 aromatic rings. The van der Waals surface area contributed by atoms with Crippen LogP contribution in [0.15, 0.2) is 4.66 Å². The van der Waals surface area contributed by atoms with Crippen molar-refractivity contribution >= 4 is 28.7 Å². The van der Waals surface area contributed by atoms with E-state index in [2.05, 4.69) is 24.3 Å². The Hall–Kier alpha value is -0.426. The molecule has 0 heterocycles. The van der Waals surface area contributed by atoms with Crippen molar-refractivity contribution in [2.24, 2.45) is 4.66 Å². The summed E-state index contributed by atoms with van der Waals surface area (Å²) in [5.74, 6) is -0.290. The van der Waals surface area contributed by atoms with Crippen molar-refractivity contribution in [2.75, 3.05) is 0 Å². The van der Waals surface area contributed by atoms with Crippen LogP contribution in [0.2, 0.25) is 39.3 Å². The van der Waals surface area contributed by atoms with Crippen molar-refractivity contribution < 1.29 is 9.22 Å². The van der Waals surface area contributed by atoms with Crippen molar-refractivity contribution in [3.63, 3.8) is 0 Å². The van der Waals surface area contributed by atoms with Gasteiger partial charge in [0.2, 0.25) is 8.32 Å². The Bertz CT molecular complexity index is 213. The van der Waals surface area contributed by atoms with Gasteiger partial charge in [-0.3, -0.25) is 0 Å². The number of hydrogen-bond acceptors (Lipinski definition) is 3. The third kappa shape index (κ3) is 9.49. The van der Waals surface area contributed by atoms with Crippen molar-refractivity contribution in [2.45, 2.75) is 39.3 Å². The molecular weight excluding hydrogens is 198 g/mol. The molecule has 5 heteroatoms. The molecule has 0 saturated heterocycles. The maximum Gasteiger partial charge on any atom is 0.334 e. The Kier molecular flexibility index (Phi) is 4.05. The van der Waals surface area contributed by atoms with E-state index in [1.54, 1.807) is 0 Å². The van der Waals surface area contributed by atoms with E-state index in [9.17, 15) is 4.79 Å². The van der Waals surface area contributed by atoms with E-state index in [1.807, 2.05) is 19.6 Å². The van der Waals surface area contributed by atoms with E-state index in [-0.39, 0.29) is 5.97 Å². The molecular formula is C8H19NO2Si2. The molecule has 0 saturated carbocycles. The molecule has 0 rings (SSSR count). The molecule has 0 spiro atoms. The monoisotopic (exact) mass is 217 g/mol. The van der Waals surface area contributed by atoms with Crippen LogP contribution in [-0.4, -0.2) is 28.7 Å². The van der Waals surface area contributed by atoms with Crippen LogP contribution in [0.5, 0.6) is 0 Å². The lowest BCUT2D eigenvalue weighted by Crippen LogP contribution is -2.30. The molecule has 0 aromatic carbocycles. The molecule has 0 fully saturated rings. The minimum absolute atomic E-state index is 0.290. The molecule has 0 aliphatic rings. The van der Waals surface area contributed by atoms with Gasteiger partial charge < -0.3 is 9.08 Å². The van der Waals surface area contributed by atoms with Gasteiger partial charge in [0.15, 0.2) is 8.24 Å². The van der Waals surface area contributed by atoms with Crippen LogP contribution in [0.1, 0.15) is 0 Å². The summed E-state index contributed by atoms with van der Waals surface area (Å²) in [7, 11) is -3.25. The second-order valence-electron chi connectivity index (χ2n) is 4.96. The third-order valence-electron chi connectivity index (χ3n) is 0.964. The van der Waals surface area contributed by atoms with Crippen LogP contribution < -0.4 is 0 Å². The summed E-state index contributed by atoms with van der Waals surface area (Å²) in [6.45, 7) is 12.2. The van der Waals surface area contributed by atoms with Crippen LogP contribution >= 0.6 is 0 Å². The number of carbonyl (C=O) groups is 1. The summed E-state index contributed by atoms with van der Waals surface area (Å²) >= 11 is 0. The van der Waals surface area contributed by atoms with Gasteiger partial charge in [-0.1, -0.05) is 0 Å². The van der Waals surface area contributed by atoms with Gasteiger partial charge in [0.25, 0.3) is 0 Å². The SMILES string of the molecule is C[Si](C)(C)N=CC(=O)O[Si](C)(C)C. The summed E-state index contributed by atoms with van der Waals surface area (Å²) in [6, 6.07) is 0. The molecule has 0 N–H and O–H groups in total. The Morgan fingerprint density at radius 1 is 1.15 bits per heavy atom. The van der Waals surface area contributed by atoms with E-state index < -0.39 is 16.6 Å². The summed E-state index contributed by atoms with van der Waals surface area (Å²) in [4.78, 5) is 11.2. The van der Waals surface area contributed by atoms with Gasteiger partial charge in [0.05, 0.1) is 6.21 Å². The Morgan fingerprint density at radius 3 is 1.92 bits per heavy atom. The van der Waals surface area contributed by atoms with Crippen LogP contribution in [0.4, 0.5) is 0 Å². The second kappa shape index (κ2) is 4.19. The lowest BCUT2D eigenvalue weighted by molar-refractivity contribution is -0.127. The lowest BCUT2D eigenvalue weighted by Gasteiger charge is -2.16. The minimum atomic E-state index is -1.74. The number of nitrogens with zero attached hydrogens (tertiary/aromatic N) is 1. The fraction of sp³-hybridized carbons (Fsp3) is 0.750. The summed E-state index contributed by atoms with van der Waals surface area (Å²) in [5.41, 5.74) is 0. The molecule has 0 aliphatic carbocycles. The Morgan fingerprint density at radius 2 is 1.62 bits per heavy atom. The summed E-state index contributed by atoms with van der Waals surface area (Å²) in [6.07, 6.45) is 1.34. The van der Waals surface area contributed by atoms with Crippen molar-refractivity contribution in [3.05, 3.63) is 0 Å².